The number of rotatable bonds is 3. The molecule has 0 aliphatic carbocycles. The lowest BCUT2D eigenvalue weighted by Crippen LogP contribution is -1.99. The lowest BCUT2D eigenvalue weighted by molar-refractivity contribution is 0.736. The van der Waals surface area contributed by atoms with Gasteiger partial charge in [-0.3, -0.25) is 0 Å². The summed E-state index contributed by atoms with van der Waals surface area (Å²) in [6, 6.07) is 7.90. The van der Waals surface area contributed by atoms with E-state index in [1.54, 1.807) is 6.20 Å². The summed E-state index contributed by atoms with van der Waals surface area (Å²) in [5, 5.41) is 11.2. The molecule has 1 aromatic carbocycles. The number of H-pyrrole nitrogens is 1. The van der Waals surface area contributed by atoms with Gasteiger partial charge in [-0.2, -0.15) is 15.4 Å². The molecular formula is C11H12ClN3. The molecule has 0 bridgehead atoms. The van der Waals surface area contributed by atoms with Crippen molar-refractivity contribution in [2.24, 2.45) is 0 Å². The molecule has 1 aromatic heterocycles. The van der Waals surface area contributed by atoms with Crippen LogP contribution in [0.1, 0.15) is 24.1 Å². The van der Waals surface area contributed by atoms with Crippen LogP contribution in [0.15, 0.2) is 30.5 Å². The molecule has 0 radical (unpaired) electrons. The highest BCUT2D eigenvalue weighted by Crippen LogP contribution is 2.26. The van der Waals surface area contributed by atoms with Crippen molar-refractivity contribution in [2.45, 2.75) is 19.3 Å². The molecule has 0 aliphatic heterocycles. The van der Waals surface area contributed by atoms with Gasteiger partial charge in [-0.15, -0.1) is 0 Å². The van der Waals surface area contributed by atoms with E-state index in [4.69, 9.17) is 11.6 Å². The fourth-order valence-corrected chi connectivity index (χ4v) is 1.94. The Labute approximate surface area is 93.5 Å². The minimum absolute atomic E-state index is 0.351. The van der Waals surface area contributed by atoms with Gasteiger partial charge in [0.05, 0.1) is 11.9 Å². The van der Waals surface area contributed by atoms with Crippen molar-refractivity contribution in [1.29, 1.82) is 0 Å². The Balaban J connectivity index is 2.15. The second kappa shape index (κ2) is 4.45. The number of aromatic nitrogens is 3. The minimum Gasteiger partial charge on any atom is -0.198 e. The van der Waals surface area contributed by atoms with Crippen LogP contribution in [0.3, 0.4) is 0 Å². The lowest BCUT2D eigenvalue weighted by Gasteiger charge is -2.11. The summed E-state index contributed by atoms with van der Waals surface area (Å²) in [6.45, 7) is 2.13. The molecule has 4 heteroatoms. The van der Waals surface area contributed by atoms with Crippen LogP contribution in [-0.2, 0) is 6.42 Å². The van der Waals surface area contributed by atoms with Crippen LogP contribution in [0.4, 0.5) is 0 Å². The van der Waals surface area contributed by atoms with E-state index in [0.717, 1.165) is 22.7 Å². The van der Waals surface area contributed by atoms with Crippen LogP contribution >= 0.6 is 11.6 Å². The molecule has 1 unspecified atom stereocenters. The SMILES string of the molecule is CC(Cc1cn[nH]n1)c1ccccc1Cl. The van der Waals surface area contributed by atoms with Crippen LogP contribution in [0.25, 0.3) is 0 Å². The van der Waals surface area contributed by atoms with Crippen molar-refractivity contribution in [3.8, 4) is 0 Å². The first kappa shape index (κ1) is 10.2. The number of hydrogen-bond acceptors (Lipinski definition) is 2. The molecule has 2 rings (SSSR count). The zero-order chi connectivity index (χ0) is 10.7. The van der Waals surface area contributed by atoms with Gasteiger partial charge in [0, 0.05) is 5.02 Å². The predicted molar refractivity (Wildman–Crippen MR) is 60.0 cm³/mol. The number of nitrogens with one attached hydrogen (secondary N) is 1. The predicted octanol–water partition coefficient (Wildman–Crippen LogP) is 2.80. The van der Waals surface area contributed by atoms with Gasteiger partial charge in [-0.25, -0.2) is 0 Å². The van der Waals surface area contributed by atoms with Crippen LogP contribution < -0.4 is 0 Å². The number of hydrogen-bond donors (Lipinski definition) is 1. The maximum Gasteiger partial charge on any atom is 0.0830 e. The average Bonchev–Trinajstić information content (AvgIpc) is 2.71. The van der Waals surface area contributed by atoms with Crippen molar-refractivity contribution < 1.29 is 0 Å². The summed E-state index contributed by atoms with van der Waals surface area (Å²) in [5.74, 6) is 0.351. The summed E-state index contributed by atoms with van der Waals surface area (Å²) in [4.78, 5) is 0. The van der Waals surface area contributed by atoms with Gasteiger partial charge in [0.2, 0.25) is 0 Å². The van der Waals surface area contributed by atoms with E-state index in [1.165, 1.54) is 0 Å². The zero-order valence-electron chi connectivity index (χ0n) is 8.44. The number of halogens is 1. The third-order valence-corrected chi connectivity index (χ3v) is 2.76. The van der Waals surface area contributed by atoms with Gasteiger partial charge in [-0.05, 0) is 24.0 Å². The quantitative estimate of drug-likeness (QED) is 0.866. The molecule has 78 valence electrons. The molecule has 1 atom stereocenters. The van der Waals surface area contributed by atoms with Crippen molar-refractivity contribution in [3.63, 3.8) is 0 Å². The molecule has 0 saturated carbocycles. The number of nitrogens with zero attached hydrogens (tertiary/aromatic N) is 2. The summed E-state index contributed by atoms with van der Waals surface area (Å²) < 4.78 is 0. The molecule has 15 heavy (non-hydrogen) atoms. The van der Waals surface area contributed by atoms with Crippen LogP contribution in [-0.4, -0.2) is 15.4 Å². The Bertz CT molecular complexity index is 425. The average molecular weight is 222 g/mol. The minimum atomic E-state index is 0.351. The van der Waals surface area contributed by atoms with E-state index in [1.807, 2.05) is 24.3 Å². The lowest BCUT2D eigenvalue weighted by atomic mass is 9.96. The molecular weight excluding hydrogens is 210 g/mol. The van der Waals surface area contributed by atoms with Gasteiger partial charge in [0.15, 0.2) is 0 Å². The first-order chi connectivity index (χ1) is 7.27. The van der Waals surface area contributed by atoms with Crippen molar-refractivity contribution in [3.05, 3.63) is 46.7 Å². The molecule has 0 spiro atoms. The Kier molecular flexibility index (Phi) is 3.02. The molecule has 0 aliphatic rings. The molecule has 0 fully saturated rings. The van der Waals surface area contributed by atoms with Gasteiger partial charge >= 0.3 is 0 Å². The smallest absolute Gasteiger partial charge is 0.0830 e. The van der Waals surface area contributed by atoms with Crippen LogP contribution in [0.5, 0.6) is 0 Å². The summed E-state index contributed by atoms with van der Waals surface area (Å²) in [6.07, 6.45) is 2.59. The summed E-state index contributed by atoms with van der Waals surface area (Å²) in [7, 11) is 0. The van der Waals surface area contributed by atoms with Crippen molar-refractivity contribution in [2.75, 3.05) is 0 Å². The van der Waals surface area contributed by atoms with E-state index < -0.39 is 0 Å². The fourth-order valence-electron chi connectivity index (χ4n) is 1.62. The van der Waals surface area contributed by atoms with Crippen LogP contribution in [0, 0.1) is 0 Å². The second-order valence-corrected chi connectivity index (χ2v) is 4.00. The second-order valence-electron chi connectivity index (χ2n) is 3.59. The zero-order valence-corrected chi connectivity index (χ0v) is 9.20. The largest absolute Gasteiger partial charge is 0.198 e. The summed E-state index contributed by atoms with van der Waals surface area (Å²) >= 11 is 6.12. The number of benzene rings is 1. The molecule has 2 aromatic rings. The molecule has 1 heterocycles. The van der Waals surface area contributed by atoms with E-state index in [9.17, 15) is 0 Å². The fraction of sp³-hybridized carbons (Fsp3) is 0.273. The van der Waals surface area contributed by atoms with E-state index in [0.29, 0.717) is 5.92 Å². The highest BCUT2D eigenvalue weighted by Gasteiger charge is 2.10. The third-order valence-electron chi connectivity index (χ3n) is 2.42. The monoisotopic (exact) mass is 221 g/mol. The van der Waals surface area contributed by atoms with E-state index in [-0.39, 0.29) is 0 Å². The van der Waals surface area contributed by atoms with Crippen molar-refractivity contribution >= 4 is 11.6 Å². The molecule has 0 amide bonds. The molecule has 1 N–H and O–H groups in total. The topological polar surface area (TPSA) is 41.6 Å². The highest BCUT2D eigenvalue weighted by atomic mass is 35.5. The molecule has 0 saturated heterocycles. The maximum atomic E-state index is 6.12. The Morgan fingerprint density at radius 1 is 1.40 bits per heavy atom. The van der Waals surface area contributed by atoms with Gasteiger partial charge in [0.25, 0.3) is 0 Å². The first-order valence-electron chi connectivity index (χ1n) is 4.86. The highest BCUT2D eigenvalue weighted by molar-refractivity contribution is 6.31. The normalized spacial score (nSPS) is 12.7. The van der Waals surface area contributed by atoms with Gasteiger partial charge < -0.3 is 0 Å². The molecule has 3 nitrogen and oxygen atoms in total. The summed E-state index contributed by atoms with van der Waals surface area (Å²) in [5.41, 5.74) is 2.12. The maximum absolute atomic E-state index is 6.12. The van der Waals surface area contributed by atoms with Gasteiger partial charge in [-0.1, -0.05) is 36.7 Å². The van der Waals surface area contributed by atoms with Crippen LogP contribution in [0.2, 0.25) is 5.02 Å². The van der Waals surface area contributed by atoms with Gasteiger partial charge in [0.1, 0.15) is 0 Å². The van der Waals surface area contributed by atoms with E-state index >= 15 is 0 Å². The Morgan fingerprint density at radius 3 is 2.87 bits per heavy atom. The van der Waals surface area contributed by atoms with Crippen molar-refractivity contribution in [1.82, 2.24) is 15.4 Å². The number of aromatic amines is 1. The Morgan fingerprint density at radius 2 is 2.20 bits per heavy atom. The standard InChI is InChI=1S/C11H12ClN3/c1-8(6-9-7-13-15-14-9)10-4-2-3-5-11(10)12/h2-5,7-8H,6H2,1H3,(H,13,14,15). The third kappa shape index (κ3) is 2.36. The van der Waals surface area contributed by atoms with E-state index in [2.05, 4.69) is 22.3 Å². The first-order valence-corrected chi connectivity index (χ1v) is 5.24. The Hall–Kier alpha value is -1.35.